The number of pyridine rings is 1. The van der Waals surface area contributed by atoms with Gasteiger partial charge < -0.3 is 9.30 Å². The molecule has 1 amide bonds. The molecule has 2 aliphatic heterocycles. The van der Waals surface area contributed by atoms with Gasteiger partial charge in [0.15, 0.2) is 5.69 Å². The van der Waals surface area contributed by atoms with Crippen LogP contribution in [0.5, 0.6) is 0 Å². The van der Waals surface area contributed by atoms with Crippen LogP contribution in [0.2, 0.25) is 0 Å². The van der Waals surface area contributed by atoms with Crippen molar-refractivity contribution in [3.63, 3.8) is 0 Å². The van der Waals surface area contributed by atoms with Gasteiger partial charge in [0.05, 0.1) is 5.69 Å². The Morgan fingerprint density at radius 1 is 1.00 bits per heavy atom. The molecule has 3 fully saturated rings. The molecule has 5 rings (SSSR count). The third-order valence-electron chi connectivity index (χ3n) is 7.00. The molecule has 2 saturated heterocycles. The standard InChI is InChI=1S/C23H33N5OS/c29-23(27-12-10-26(11-13-27)19-6-2-1-3-7-19)22-20(18-25-14-16-30-17-15-25)28-9-5-4-8-21(28)24-22/h4-5,8-9,19H,1-3,6-7,10-18H2. The zero-order valence-corrected chi connectivity index (χ0v) is 18.7. The fraction of sp³-hybridized carbons (Fsp3) is 0.652. The first-order chi connectivity index (χ1) is 14.8. The van der Waals surface area contributed by atoms with E-state index in [1.165, 1.54) is 43.6 Å². The van der Waals surface area contributed by atoms with Crippen molar-refractivity contribution in [3.8, 4) is 0 Å². The van der Waals surface area contributed by atoms with Crippen LogP contribution in [0, 0.1) is 0 Å². The molecule has 0 aromatic carbocycles. The molecule has 0 spiro atoms. The molecule has 3 aliphatic rings. The Balaban J connectivity index is 1.32. The maximum absolute atomic E-state index is 13.5. The molecule has 2 aromatic rings. The SMILES string of the molecule is O=C(c1nc2ccccn2c1CN1CCSCC1)N1CCN(C2CCCCC2)CC1. The van der Waals surface area contributed by atoms with Crippen molar-refractivity contribution < 1.29 is 4.79 Å². The molecule has 0 N–H and O–H groups in total. The van der Waals surface area contributed by atoms with Crippen LogP contribution in [0.4, 0.5) is 0 Å². The molecule has 7 heteroatoms. The minimum absolute atomic E-state index is 0.114. The molecule has 1 aliphatic carbocycles. The number of rotatable bonds is 4. The second-order valence-electron chi connectivity index (χ2n) is 8.84. The summed E-state index contributed by atoms with van der Waals surface area (Å²) in [5, 5.41) is 0. The van der Waals surface area contributed by atoms with Crippen molar-refractivity contribution in [3.05, 3.63) is 35.8 Å². The van der Waals surface area contributed by atoms with Crippen LogP contribution in [-0.4, -0.2) is 86.8 Å². The molecule has 1 saturated carbocycles. The molecule has 4 heterocycles. The highest BCUT2D eigenvalue weighted by Crippen LogP contribution is 2.25. The second kappa shape index (κ2) is 9.28. The van der Waals surface area contributed by atoms with Crippen molar-refractivity contribution in [1.82, 2.24) is 24.1 Å². The first kappa shape index (κ1) is 20.3. The summed E-state index contributed by atoms with van der Waals surface area (Å²) in [6.07, 6.45) is 8.83. The van der Waals surface area contributed by atoms with Gasteiger partial charge in [-0.2, -0.15) is 11.8 Å². The maximum atomic E-state index is 13.5. The summed E-state index contributed by atoms with van der Waals surface area (Å²) >= 11 is 2.02. The normalized spacial score (nSPS) is 22.6. The maximum Gasteiger partial charge on any atom is 0.274 e. The summed E-state index contributed by atoms with van der Waals surface area (Å²) in [5.41, 5.74) is 2.59. The lowest BCUT2D eigenvalue weighted by Crippen LogP contribution is -2.52. The van der Waals surface area contributed by atoms with Crippen molar-refractivity contribution >= 4 is 23.3 Å². The zero-order valence-electron chi connectivity index (χ0n) is 17.8. The minimum atomic E-state index is 0.114. The average Bonchev–Trinajstić information content (AvgIpc) is 3.18. The summed E-state index contributed by atoms with van der Waals surface area (Å²) in [5.74, 6) is 2.45. The molecule has 0 radical (unpaired) electrons. The predicted octanol–water partition coefficient (Wildman–Crippen LogP) is 2.97. The topological polar surface area (TPSA) is 44.1 Å². The van der Waals surface area contributed by atoms with E-state index in [4.69, 9.17) is 4.98 Å². The van der Waals surface area contributed by atoms with Gasteiger partial charge in [0.25, 0.3) is 5.91 Å². The molecular weight excluding hydrogens is 394 g/mol. The Hall–Kier alpha value is -1.57. The summed E-state index contributed by atoms with van der Waals surface area (Å²) in [4.78, 5) is 25.4. The quantitative estimate of drug-likeness (QED) is 0.751. The number of hydrogen-bond acceptors (Lipinski definition) is 5. The number of carbonyl (C=O) groups excluding carboxylic acids is 1. The highest BCUT2D eigenvalue weighted by atomic mass is 32.2. The van der Waals surface area contributed by atoms with Gasteiger partial charge in [-0.05, 0) is 25.0 Å². The van der Waals surface area contributed by atoms with Gasteiger partial charge in [-0.1, -0.05) is 25.3 Å². The largest absolute Gasteiger partial charge is 0.335 e. The van der Waals surface area contributed by atoms with E-state index in [0.29, 0.717) is 5.69 Å². The van der Waals surface area contributed by atoms with Crippen molar-refractivity contribution in [1.29, 1.82) is 0 Å². The summed E-state index contributed by atoms with van der Waals surface area (Å²) in [6.45, 7) is 6.61. The molecule has 30 heavy (non-hydrogen) atoms. The van der Waals surface area contributed by atoms with Gasteiger partial charge in [-0.25, -0.2) is 4.98 Å². The first-order valence-corrected chi connectivity index (χ1v) is 12.7. The predicted molar refractivity (Wildman–Crippen MR) is 122 cm³/mol. The van der Waals surface area contributed by atoms with Crippen LogP contribution in [0.25, 0.3) is 5.65 Å². The number of amides is 1. The second-order valence-corrected chi connectivity index (χ2v) is 10.1. The Labute approximate surface area is 183 Å². The number of imidazole rings is 1. The highest BCUT2D eigenvalue weighted by Gasteiger charge is 2.30. The number of carbonyl (C=O) groups is 1. The van der Waals surface area contributed by atoms with Gasteiger partial charge in [-0.15, -0.1) is 0 Å². The number of thioether (sulfide) groups is 1. The van der Waals surface area contributed by atoms with E-state index in [1.807, 2.05) is 41.1 Å². The summed E-state index contributed by atoms with van der Waals surface area (Å²) in [7, 11) is 0. The lowest BCUT2D eigenvalue weighted by atomic mass is 9.94. The third kappa shape index (κ3) is 4.25. The first-order valence-electron chi connectivity index (χ1n) is 11.6. The van der Waals surface area contributed by atoms with E-state index in [-0.39, 0.29) is 5.91 Å². The van der Waals surface area contributed by atoms with Crippen LogP contribution in [0.3, 0.4) is 0 Å². The lowest BCUT2D eigenvalue weighted by molar-refractivity contribution is 0.0517. The number of hydrogen-bond donors (Lipinski definition) is 0. The molecule has 6 nitrogen and oxygen atoms in total. The van der Waals surface area contributed by atoms with Gasteiger partial charge >= 0.3 is 0 Å². The Morgan fingerprint density at radius 3 is 2.53 bits per heavy atom. The summed E-state index contributed by atoms with van der Waals surface area (Å²) in [6, 6.07) is 6.77. The van der Waals surface area contributed by atoms with Crippen molar-refractivity contribution in [2.75, 3.05) is 50.8 Å². The minimum Gasteiger partial charge on any atom is -0.335 e. The van der Waals surface area contributed by atoms with Crippen LogP contribution >= 0.6 is 11.8 Å². The molecule has 0 atom stereocenters. The van der Waals surface area contributed by atoms with E-state index < -0.39 is 0 Å². The Bertz CT molecular complexity index is 864. The fourth-order valence-corrected chi connectivity index (χ4v) is 6.20. The fourth-order valence-electron chi connectivity index (χ4n) is 5.23. The van der Waals surface area contributed by atoms with Gasteiger partial charge in [0.1, 0.15) is 5.65 Å². The third-order valence-corrected chi connectivity index (χ3v) is 7.94. The summed E-state index contributed by atoms with van der Waals surface area (Å²) < 4.78 is 2.12. The van der Waals surface area contributed by atoms with E-state index in [2.05, 4.69) is 14.2 Å². The Morgan fingerprint density at radius 2 is 1.77 bits per heavy atom. The van der Waals surface area contributed by atoms with Gasteiger partial charge in [0.2, 0.25) is 0 Å². The molecular formula is C23H33N5OS. The highest BCUT2D eigenvalue weighted by molar-refractivity contribution is 7.99. The van der Waals surface area contributed by atoms with Crippen molar-refractivity contribution in [2.24, 2.45) is 0 Å². The smallest absolute Gasteiger partial charge is 0.274 e. The molecule has 0 bridgehead atoms. The molecule has 0 unspecified atom stereocenters. The monoisotopic (exact) mass is 427 g/mol. The van der Waals surface area contributed by atoms with Crippen molar-refractivity contribution in [2.45, 2.75) is 44.7 Å². The van der Waals surface area contributed by atoms with Gasteiger partial charge in [0, 0.05) is 69.6 Å². The van der Waals surface area contributed by atoms with Crippen LogP contribution in [-0.2, 0) is 6.54 Å². The number of fused-ring (bicyclic) bond motifs is 1. The Kier molecular flexibility index (Phi) is 6.29. The van der Waals surface area contributed by atoms with Crippen LogP contribution < -0.4 is 0 Å². The number of aromatic nitrogens is 2. The van der Waals surface area contributed by atoms with Crippen LogP contribution in [0.15, 0.2) is 24.4 Å². The lowest BCUT2D eigenvalue weighted by Gasteiger charge is -2.40. The molecule has 2 aromatic heterocycles. The van der Waals surface area contributed by atoms with E-state index in [1.54, 1.807) is 0 Å². The van der Waals surface area contributed by atoms with E-state index in [9.17, 15) is 4.79 Å². The average molecular weight is 428 g/mol. The zero-order chi connectivity index (χ0) is 20.3. The van der Waals surface area contributed by atoms with Crippen LogP contribution in [0.1, 0.15) is 48.3 Å². The number of piperazine rings is 1. The van der Waals surface area contributed by atoms with E-state index in [0.717, 1.165) is 63.2 Å². The number of nitrogens with zero attached hydrogens (tertiary/aromatic N) is 5. The molecule has 162 valence electrons. The van der Waals surface area contributed by atoms with Gasteiger partial charge in [-0.3, -0.25) is 14.6 Å². The van der Waals surface area contributed by atoms with E-state index >= 15 is 0 Å².